The summed E-state index contributed by atoms with van der Waals surface area (Å²) in [5.41, 5.74) is 3.76. The van der Waals surface area contributed by atoms with Crippen LogP contribution in [0.3, 0.4) is 0 Å². The van der Waals surface area contributed by atoms with Crippen LogP contribution in [-0.2, 0) is 4.74 Å². The third-order valence-corrected chi connectivity index (χ3v) is 8.24. The number of rotatable bonds is 5. The van der Waals surface area contributed by atoms with Crippen molar-refractivity contribution in [1.82, 2.24) is 24.4 Å². The molecule has 10 nitrogen and oxygen atoms in total. The number of aryl methyl sites for hydroxylation is 2. The number of amides is 1. The van der Waals surface area contributed by atoms with E-state index in [1.54, 1.807) is 22.8 Å². The van der Waals surface area contributed by atoms with E-state index in [1.165, 1.54) is 0 Å². The fourth-order valence-electron chi connectivity index (χ4n) is 5.87. The second-order valence-corrected chi connectivity index (χ2v) is 13.3. The number of halogens is 1. The summed E-state index contributed by atoms with van der Waals surface area (Å²) in [6, 6.07) is 9.33. The molecule has 45 heavy (non-hydrogen) atoms. The lowest BCUT2D eigenvalue weighted by molar-refractivity contribution is 0.0218. The summed E-state index contributed by atoms with van der Waals surface area (Å²) in [6.45, 7) is 16.8. The number of ether oxygens (including phenoxy) is 2. The average Bonchev–Trinajstić information content (AvgIpc) is 2.96. The number of anilines is 1. The number of benzene rings is 1. The molecule has 1 aliphatic rings. The Bertz CT molecular complexity index is 1830. The van der Waals surface area contributed by atoms with Crippen molar-refractivity contribution < 1.29 is 14.3 Å². The Balaban J connectivity index is 1.75. The van der Waals surface area contributed by atoms with Gasteiger partial charge in [-0.25, -0.2) is 19.1 Å². The van der Waals surface area contributed by atoms with Crippen molar-refractivity contribution in [1.29, 1.82) is 0 Å². The van der Waals surface area contributed by atoms with Gasteiger partial charge < -0.3 is 19.3 Å². The normalized spacial score (nSPS) is 15.6. The van der Waals surface area contributed by atoms with E-state index in [9.17, 15) is 9.59 Å². The third-order valence-electron chi connectivity index (χ3n) is 7.95. The number of pyridine rings is 2. The second-order valence-electron chi connectivity index (χ2n) is 12.9. The van der Waals surface area contributed by atoms with Gasteiger partial charge in [-0.05, 0) is 76.8 Å². The van der Waals surface area contributed by atoms with Gasteiger partial charge in [0.2, 0.25) is 0 Å². The zero-order chi connectivity index (χ0) is 32.8. The van der Waals surface area contributed by atoms with E-state index in [2.05, 4.69) is 9.97 Å². The number of para-hydroxylation sites is 1. The van der Waals surface area contributed by atoms with Crippen molar-refractivity contribution in [2.75, 3.05) is 31.6 Å². The van der Waals surface area contributed by atoms with Crippen molar-refractivity contribution in [3.8, 4) is 22.7 Å². The first-order valence-electron chi connectivity index (χ1n) is 15.2. The Labute approximate surface area is 269 Å². The van der Waals surface area contributed by atoms with Crippen LogP contribution in [0, 0.1) is 13.8 Å². The number of nitrogens with zero attached hydrogens (tertiary/aromatic N) is 6. The fourth-order valence-corrected chi connectivity index (χ4v) is 6.13. The van der Waals surface area contributed by atoms with Crippen LogP contribution in [0.1, 0.15) is 64.3 Å². The molecule has 1 saturated heterocycles. The van der Waals surface area contributed by atoms with Gasteiger partial charge in [0.1, 0.15) is 17.2 Å². The summed E-state index contributed by atoms with van der Waals surface area (Å²) in [5.74, 6) is 1.15. The molecule has 238 valence electrons. The monoisotopic (exact) mass is 632 g/mol. The highest BCUT2D eigenvalue weighted by molar-refractivity contribution is 6.34. The molecule has 4 aromatic rings. The van der Waals surface area contributed by atoms with Gasteiger partial charge in [0.25, 0.3) is 0 Å². The maximum atomic E-state index is 14.2. The molecule has 0 radical (unpaired) electrons. The molecule has 1 fully saturated rings. The molecule has 0 spiro atoms. The van der Waals surface area contributed by atoms with Gasteiger partial charge in [-0.15, -0.1) is 0 Å². The van der Waals surface area contributed by atoms with Crippen LogP contribution >= 0.6 is 11.6 Å². The molecular weight excluding hydrogens is 592 g/mol. The Morgan fingerprint density at radius 2 is 1.82 bits per heavy atom. The van der Waals surface area contributed by atoms with Gasteiger partial charge in [0, 0.05) is 37.4 Å². The topological polar surface area (TPSA) is 103 Å². The minimum Gasteiger partial charge on any atom is -0.496 e. The molecule has 1 aromatic carbocycles. The second kappa shape index (κ2) is 12.3. The van der Waals surface area contributed by atoms with E-state index in [0.717, 1.165) is 16.8 Å². The minimum absolute atomic E-state index is 0.0334. The molecule has 0 saturated carbocycles. The summed E-state index contributed by atoms with van der Waals surface area (Å²) >= 11 is 7.01. The first-order valence-corrected chi connectivity index (χ1v) is 15.6. The molecule has 4 heterocycles. The predicted octanol–water partition coefficient (Wildman–Crippen LogP) is 6.69. The predicted molar refractivity (Wildman–Crippen MR) is 178 cm³/mol. The largest absolute Gasteiger partial charge is 0.496 e. The van der Waals surface area contributed by atoms with Gasteiger partial charge in [0.05, 0.1) is 34.6 Å². The Morgan fingerprint density at radius 3 is 2.47 bits per heavy atom. The zero-order valence-electron chi connectivity index (χ0n) is 27.4. The van der Waals surface area contributed by atoms with Gasteiger partial charge >= 0.3 is 11.8 Å². The standard InChI is InChI=1S/C34H41ClN6O4/c1-19(2)26-28(20(3)13-14-36-26)41-31-24(17-25(35)27(37-31)23-12-10-11-21(4)29(23)44-9)30(38-32(41)42)40-16-15-39(18-22(40)5)33(43)45-34(6,7)8/h10-14,17,19,22H,15-16,18H2,1-9H3. The van der Waals surface area contributed by atoms with Crippen molar-refractivity contribution in [2.24, 2.45) is 0 Å². The highest BCUT2D eigenvalue weighted by Crippen LogP contribution is 2.39. The summed E-state index contributed by atoms with van der Waals surface area (Å²) < 4.78 is 12.9. The molecule has 1 atom stereocenters. The van der Waals surface area contributed by atoms with E-state index in [1.807, 2.05) is 90.6 Å². The number of hydrogen-bond acceptors (Lipinski definition) is 8. The quantitative estimate of drug-likeness (QED) is 0.240. The lowest BCUT2D eigenvalue weighted by atomic mass is 10.0. The van der Waals surface area contributed by atoms with Crippen molar-refractivity contribution in [3.05, 3.63) is 68.9 Å². The van der Waals surface area contributed by atoms with E-state index in [4.69, 9.17) is 26.1 Å². The van der Waals surface area contributed by atoms with Gasteiger partial charge in [-0.1, -0.05) is 37.6 Å². The van der Waals surface area contributed by atoms with Crippen molar-refractivity contribution in [3.63, 3.8) is 0 Å². The van der Waals surface area contributed by atoms with Crippen LogP contribution in [0.2, 0.25) is 5.02 Å². The van der Waals surface area contributed by atoms with Crippen LogP contribution < -0.4 is 15.3 Å². The van der Waals surface area contributed by atoms with Gasteiger partial charge in [-0.2, -0.15) is 4.98 Å². The third kappa shape index (κ3) is 6.20. The van der Waals surface area contributed by atoms with Crippen LogP contribution in [0.4, 0.5) is 10.6 Å². The van der Waals surface area contributed by atoms with Crippen LogP contribution in [0.15, 0.2) is 41.3 Å². The van der Waals surface area contributed by atoms with Crippen LogP contribution in [0.25, 0.3) is 28.0 Å². The van der Waals surface area contributed by atoms with E-state index in [0.29, 0.717) is 64.2 Å². The van der Waals surface area contributed by atoms with Gasteiger partial charge in [0.15, 0.2) is 5.65 Å². The van der Waals surface area contributed by atoms with Crippen molar-refractivity contribution >= 4 is 34.5 Å². The zero-order valence-corrected chi connectivity index (χ0v) is 28.2. The SMILES string of the molecule is COc1c(C)cccc1-c1nc2c(cc1Cl)c(N1CCN(C(=O)OC(C)(C)C)CC1C)nc(=O)n2-c1c(C)ccnc1C(C)C. The Hall–Kier alpha value is -4.18. The molecule has 5 rings (SSSR count). The fraction of sp³-hybridized carbons (Fsp3) is 0.441. The Kier molecular flexibility index (Phi) is 8.81. The number of methoxy groups -OCH3 is 1. The number of piperazine rings is 1. The van der Waals surface area contributed by atoms with E-state index < -0.39 is 11.3 Å². The molecular formula is C34H41ClN6O4. The average molecular weight is 633 g/mol. The maximum Gasteiger partial charge on any atom is 0.410 e. The van der Waals surface area contributed by atoms with E-state index in [-0.39, 0.29) is 18.1 Å². The molecule has 0 bridgehead atoms. The number of carbonyl (C=O) groups is 1. The van der Waals surface area contributed by atoms with Gasteiger partial charge in [-0.3, -0.25) is 4.98 Å². The van der Waals surface area contributed by atoms with Crippen LogP contribution in [0.5, 0.6) is 5.75 Å². The summed E-state index contributed by atoms with van der Waals surface area (Å²) in [5, 5.41) is 1.01. The minimum atomic E-state index is -0.598. The lowest BCUT2D eigenvalue weighted by Crippen LogP contribution is -2.55. The summed E-state index contributed by atoms with van der Waals surface area (Å²) in [6.07, 6.45) is 1.39. The molecule has 0 aliphatic carbocycles. The first-order chi connectivity index (χ1) is 21.2. The molecule has 1 aliphatic heterocycles. The first kappa shape index (κ1) is 32.2. The lowest BCUT2D eigenvalue weighted by Gasteiger charge is -2.41. The molecule has 0 N–H and O–H groups in total. The molecule has 11 heteroatoms. The molecule has 1 amide bonds. The maximum absolute atomic E-state index is 14.2. The molecule has 1 unspecified atom stereocenters. The Morgan fingerprint density at radius 1 is 1.09 bits per heavy atom. The number of carbonyl (C=O) groups excluding carboxylic acids is 1. The summed E-state index contributed by atoms with van der Waals surface area (Å²) in [7, 11) is 1.62. The number of aromatic nitrogens is 4. The van der Waals surface area contributed by atoms with Crippen LogP contribution in [-0.4, -0.2) is 68.9 Å². The van der Waals surface area contributed by atoms with E-state index >= 15 is 0 Å². The number of fused-ring (bicyclic) bond motifs is 1. The molecule has 3 aromatic heterocycles. The highest BCUT2D eigenvalue weighted by Gasteiger charge is 2.33. The van der Waals surface area contributed by atoms with Crippen molar-refractivity contribution in [2.45, 2.75) is 73.0 Å². The smallest absolute Gasteiger partial charge is 0.410 e. The highest BCUT2D eigenvalue weighted by atomic mass is 35.5. The summed E-state index contributed by atoms with van der Waals surface area (Å²) in [4.78, 5) is 45.2. The number of hydrogen-bond donors (Lipinski definition) is 0.